The molecule has 53 heavy (non-hydrogen) atoms. The van der Waals surface area contributed by atoms with Crippen molar-refractivity contribution in [3.05, 3.63) is 82.0 Å². The Balaban J connectivity index is 1.64. The number of hydrogen-bond acceptors (Lipinski definition) is 8. The monoisotopic (exact) mass is 765 g/mol. The predicted octanol–water partition coefficient (Wildman–Crippen LogP) is 7.94. The lowest BCUT2D eigenvalue weighted by Gasteiger charge is -2.34. The van der Waals surface area contributed by atoms with Gasteiger partial charge in [0.15, 0.2) is 0 Å². The maximum absolute atomic E-state index is 14.6. The van der Waals surface area contributed by atoms with E-state index < -0.39 is 21.5 Å². The van der Waals surface area contributed by atoms with E-state index in [2.05, 4.69) is 58.3 Å². The molecule has 2 aliphatic heterocycles. The number of ether oxygens (including phenoxy) is 3. The van der Waals surface area contributed by atoms with E-state index in [9.17, 15) is 13.8 Å². The maximum atomic E-state index is 14.6. The van der Waals surface area contributed by atoms with Gasteiger partial charge in [-0.05, 0) is 91.3 Å². The van der Waals surface area contributed by atoms with E-state index in [1.54, 1.807) is 25.2 Å². The van der Waals surface area contributed by atoms with Crippen LogP contribution in [0, 0.1) is 17.8 Å². The summed E-state index contributed by atoms with van der Waals surface area (Å²) in [4.78, 5) is 33.5. The quantitative estimate of drug-likeness (QED) is 0.141. The van der Waals surface area contributed by atoms with Crippen molar-refractivity contribution < 1.29 is 28.0 Å². The number of benzene rings is 2. The molecular formula is C40H52ClN5O6S. The van der Waals surface area contributed by atoms with Crippen LogP contribution in [0.1, 0.15) is 85.2 Å². The van der Waals surface area contributed by atoms with E-state index in [-0.39, 0.29) is 46.6 Å². The predicted molar refractivity (Wildman–Crippen MR) is 211 cm³/mol. The summed E-state index contributed by atoms with van der Waals surface area (Å²) in [5, 5.41) is 4.82. The van der Waals surface area contributed by atoms with Gasteiger partial charge >= 0.3 is 0 Å². The van der Waals surface area contributed by atoms with Crippen LogP contribution in [-0.2, 0) is 34.5 Å². The topological polar surface area (TPSA) is 125 Å². The number of carbonyl (C=O) groups excluding carboxylic acids is 2. The highest BCUT2D eigenvalue weighted by Crippen LogP contribution is 2.35. The van der Waals surface area contributed by atoms with Gasteiger partial charge in [-0.1, -0.05) is 57.5 Å². The SMILES string of the molecule is CCCO[C@H]1/C=C/C[C@H](C)CS(=O)(C=NC(=O)c2cn(C)nc2OC)=NC(=O)c2ccc3c(c2)N(Cc2ccc(Cl)cc2CCCCO3)C[C@H](C)[C@H]1C. The Morgan fingerprint density at radius 1 is 1.15 bits per heavy atom. The number of allylic oxidation sites excluding steroid dienone is 1. The van der Waals surface area contributed by atoms with Crippen LogP contribution >= 0.6 is 11.6 Å². The highest BCUT2D eigenvalue weighted by Gasteiger charge is 2.27. The fourth-order valence-corrected chi connectivity index (χ4v) is 8.71. The van der Waals surface area contributed by atoms with Gasteiger partial charge in [0, 0.05) is 49.3 Å². The molecule has 5 atom stereocenters. The Bertz CT molecular complexity index is 1950. The molecule has 0 aliphatic carbocycles. The van der Waals surface area contributed by atoms with Gasteiger partial charge in [-0.2, -0.15) is 4.36 Å². The first-order chi connectivity index (χ1) is 25.4. The summed E-state index contributed by atoms with van der Waals surface area (Å²) in [5.41, 5.74) is 4.49. The Morgan fingerprint density at radius 3 is 2.74 bits per heavy atom. The molecule has 13 heteroatoms. The minimum absolute atomic E-state index is 0.00992. The molecule has 0 saturated heterocycles. The zero-order valence-electron chi connectivity index (χ0n) is 31.6. The fourth-order valence-electron chi connectivity index (χ4n) is 6.71. The second-order valence-electron chi connectivity index (χ2n) is 14.2. The van der Waals surface area contributed by atoms with Crippen molar-refractivity contribution in [1.82, 2.24) is 9.78 Å². The average Bonchev–Trinajstić information content (AvgIpc) is 3.51. The number of carbonyl (C=O) groups is 2. The highest BCUT2D eigenvalue weighted by atomic mass is 35.5. The zero-order chi connectivity index (χ0) is 38.1. The molecule has 3 aromatic rings. The molecule has 0 saturated carbocycles. The van der Waals surface area contributed by atoms with Gasteiger partial charge in [0.25, 0.3) is 11.8 Å². The average molecular weight is 766 g/mol. The van der Waals surface area contributed by atoms with Crippen LogP contribution < -0.4 is 14.4 Å². The number of nitrogens with zero attached hydrogens (tertiary/aromatic N) is 5. The van der Waals surface area contributed by atoms with E-state index in [1.807, 2.05) is 19.1 Å². The third kappa shape index (κ3) is 10.6. The number of fused-ring (bicyclic) bond motifs is 2. The van der Waals surface area contributed by atoms with Gasteiger partial charge in [-0.15, -0.1) is 5.10 Å². The Morgan fingerprint density at radius 2 is 1.96 bits per heavy atom. The summed E-state index contributed by atoms with van der Waals surface area (Å²) in [7, 11) is -0.404. The van der Waals surface area contributed by atoms with Crippen molar-refractivity contribution in [3.63, 3.8) is 0 Å². The molecule has 5 rings (SSSR count). The minimum atomic E-state index is -3.46. The van der Waals surface area contributed by atoms with Crippen molar-refractivity contribution in [2.45, 2.75) is 72.4 Å². The number of amides is 2. The standard InChI is InChI=1S/C40H52ClN5O6S/c1-7-18-51-36-13-10-11-27(2)25-53(49,26-42-39(48)34-24-45(5)43-40(34)50-6)44-38(47)31-15-17-37-35(21-31)46(22-28(3)29(36)4)23-32-14-16-33(41)20-30(32)12-8-9-19-52-37/h10,13-17,20-21,24,26-29,36H,7-9,11-12,18-19,22-23,25H2,1-6H3/b13-10+,42-26?/t27-,28-,29+,36-,53?/m0/s1. The fraction of sp³-hybridized carbons (Fsp3) is 0.500. The summed E-state index contributed by atoms with van der Waals surface area (Å²) >= 11 is 6.48. The van der Waals surface area contributed by atoms with Crippen LogP contribution in [0.5, 0.6) is 11.6 Å². The molecule has 2 aliphatic rings. The molecule has 0 N–H and O–H groups in total. The third-order valence-electron chi connectivity index (χ3n) is 9.79. The van der Waals surface area contributed by atoms with Crippen molar-refractivity contribution in [2.24, 2.45) is 34.2 Å². The molecule has 3 heterocycles. The van der Waals surface area contributed by atoms with Gasteiger partial charge in [0.1, 0.15) is 16.9 Å². The van der Waals surface area contributed by atoms with Crippen LogP contribution in [-0.4, -0.2) is 70.1 Å². The summed E-state index contributed by atoms with van der Waals surface area (Å²) in [6, 6.07) is 11.3. The van der Waals surface area contributed by atoms with Crippen LogP contribution in [0.25, 0.3) is 0 Å². The van der Waals surface area contributed by atoms with Gasteiger partial charge in [0.2, 0.25) is 5.88 Å². The lowest BCUT2D eigenvalue weighted by Crippen LogP contribution is -2.35. The van der Waals surface area contributed by atoms with Crippen LogP contribution in [0.4, 0.5) is 5.69 Å². The van der Waals surface area contributed by atoms with Crippen molar-refractivity contribution in [1.29, 1.82) is 0 Å². The summed E-state index contributed by atoms with van der Waals surface area (Å²) in [5.74, 6) is -0.449. The number of aryl methyl sites for hydroxylation is 2. The number of methoxy groups -OCH3 is 1. The highest BCUT2D eigenvalue weighted by molar-refractivity contribution is 8.06. The molecule has 0 fully saturated rings. The molecule has 1 aromatic heterocycles. The summed E-state index contributed by atoms with van der Waals surface area (Å²) in [6.45, 7) is 10.8. The molecule has 286 valence electrons. The normalized spacial score (nSPS) is 25.1. The number of halogens is 1. The Labute approximate surface area is 318 Å². The molecule has 0 spiro atoms. The van der Waals surface area contributed by atoms with Crippen molar-refractivity contribution >= 4 is 44.4 Å². The first kappa shape index (κ1) is 40.2. The van der Waals surface area contributed by atoms with Crippen LogP contribution in [0.3, 0.4) is 0 Å². The molecule has 1 unspecified atom stereocenters. The number of aromatic nitrogens is 2. The van der Waals surface area contributed by atoms with Crippen molar-refractivity contribution in [2.75, 3.05) is 37.5 Å². The van der Waals surface area contributed by atoms with Crippen LogP contribution in [0.15, 0.2) is 64.1 Å². The molecule has 2 amide bonds. The van der Waals surface area contributed by atoms with Gasteiger partial charge < -0.3 is 19.1 Å². The van der Waals surface area contributed by atoms with E-state index >= 15 is 0 Å². The van der Waals surface area contributed by atoms with E-state index in [4.69, 9.17) is 25.8 Å². The number of anilines is 1. The molecular weight excluding hydrogens is 714 g/mol. The largest absolute Gasteiger partial charge is 0.491 e. The number of rotatable bonds is 6. The second kappa shape index (κ2) is 18.4. The Kier molecular flexibility index (Phi) is 13.9. The molecule has 2 bridgehead atoms. The molecule has 0 radical (unpaired) electrons. The van der Waals surface area contributed by atoms with E-state index in [0.717, 1.165) is 42.5 Å². The first-order valence-corrected chi connectivity index (χ1v) is 20.5. The molecule has 2 aromatic carbocycles. The van der Waals surface area contributed by atoms with E-state index in [0.29, 0.717) is 43.5 Å². The minimum Gasteiger partial charge on any atom is -0.491 e. The van der Waals surface area contributed by atoms with Crippen molar-refractivity contribution in [3.8, 4) is 11.6 Å². The smallest absolute Gasteiger partial charge is 0.285 e. The second-order valence-corrected chi connectivity index (χ2v) is 16.8. The summed E-state index contributed by atoms with van der Waals surface area (Å²) < 4.78 is 38.3. The van der Waals surface area contributed by atoms with Gasteiger partial charge in [0.05, 0.1) is 35.2 Å². The van der Waals surface area contributed by atoms with E-state index in [1.165, 1.54) is 23.6 Å². The first-order valence-electron chi connectivity index (χ1n) is 18.4. The lowest BCUT2D eigenvalue weighted by atomic mass is 9.89. The summed E-state index contributed by atoms with van der Waals surface area (Å²) in [6.07, 6.45) is 9.62. The molecule has 11 nitrogen and oxygen atoms in total. The lowest BCUT2D eigenvalue weighted by molar-refractivity contribution is 0.0340. The maximum Gasteiger partial charge on any atom is 0.285 e. The van der Waals surface area contributed by atoms with Gasteiger partial charge in [-0.25, -0.2) is 9.20 Å². The number of aliphatic imine (C=N–C) groups is 1. The van der Waals surface area contributed by atoms with Crippen LogP contribution in [0.2, 0.25) is 5.02 Å². The zero-order valence-corrected chi connectivity index (χ0v) is 33.2. The third-order valence-corrected chi connectivity index (χ3v) is 12.0. The van der Waals surface area contributed by atoms with Gasteiger partial charge in [-0.3, -0.25) is 14.3 Å². The Hall–Kier alpha value is -4.00. The number of hydrogen-bond donors (Lipinski definition) is 0.